The van der Waals surface area contributed by atoms with Crippen molar-refractivity contribution in [2.45, 2.75) is 0 Å². The van der Waals surface area contributed by atoms with Gasteiger partial charge >= 0.3 is 0 Å². The number of aliphatic imine (C=N–C) groups is 1. The number of hydrazine groups is 2. The molecular weight excluding hydrogens is 344 g/mol. The molecule has 1 heterocycles. The van der Waals surface area contributed by atoms with Crippen molar-refractivity contribution in [3.05, 3.63) is 45.4 Å². The Morgan fingerprint density at radius 1 is 1.15 bits per heavy atom. The molecule has 0 spiro atoms. The number of phenols is 1. The van der Waals surface area contributed by atoms with Gasteiger partial charge in [-0.3, -0.25) is 4.99 Å². The highest BCUT2D eigenvalue weighted by Gasteiger charge is 2.09. The lowest BCUT2D eigenvalue weighted by molar-refractivity contribution is 0.471. The SMILES string of the molecule is Oc1c(Br)cc(Cl)cc1C=Nc1ccc2c(c1)NNN2. The minimum absolute atomic E-state index is 0.112. The van der Waals surface area contributed by atoms with Crippen LogP contribution in [0.25, 0.3) is 0 Å². The number of fused-ring (bicyclic) bond motifs is 1. The number of hydrogen-bond donors (Lipinski definition) is 4. The van der Waals surface area contributed by atoms with Gasteiger partial charge in [-0.2, -0.15) is 0 Å². The summed E-state index contributed by atoms with van der Waals surface area (Å²) in [5.74, 6) is 0.112. The maximum absolute atomic E-state index is 9.93. The summed E-state index contributed by atoms with van der Waals surface area (Å²) in [6, 6.07) is 8.94. The summed E-state index contributed by atoms with van der Waals surface area (Å²) in [5, 5.41) is 10.5. The molecule has 0 atom stereocenters. The summed E-state index contributed by atoms with van der Waals surface area (Å²) >= 11 is 9.19. The molecule has 0 bridgehead atoms. The molecule has 0 saturated heterocycles. The van der Waals surface area contributed by atoms with Gasteiger partial charge in [0.15, 0.2) is 0 Å². The second kappa shape index (κ2) is 5.32. The first-order chi connectivity index (χ1) is 9.63. The van der Waals surface area contributed by atoms with Gasteiger partial charge in [0.25, 0.3) is 0 Å². The normalized spacial score (nSPS) is 13.1. The lowest BCUT2D eigenvalue weighted by atomic mass is 10.2. The summed E-state index contributed by atoms with van der Waals surface area (Å²) in [4.78, 5) is 4.34. The molecule has 5 nitrogen and oxygen atoms in total. The molecule has 1 aliphatic rings. The number of benzene rings is 2. The first-order valence-electron chi connectivity index (χ1n) is 5.76. The molecule has 0 saturated carbocycles. The monoisotopic (exact) mass is 352 g/mol. The molecule has 0 aromatic heterocycles. The standard InChI is InChI=1S/C13H10BrClN4O/c14-10-4-8(15)3-7(13(10)20)6-16-9-1-2-11-12(5-9)18-19-17-11/h1-6,17-20H. The molecule has 2 aromatic rings. The van der Waals surface area contributed by atoms with Gasteiger partial charge in [0.1, 0.15) is 5.75 Å². The smallest absolute Gasteiger partial charge is 0.138 e. The predicted octanol–water partition coefficient (Wildman–Crippen LogP) is 3.82. The topological polar surface area (TPSA) is 68.7 Å². The number of phenolic OH excluding ortho intramolecular Hbond substituents is 1. The van der Waals surface area contributed by atoms with Gasteiger partial charge in [-0.1, -0.05) is 11.6 Å². The lowest BCUT2D eigenvalue weighted by Crippen LogP contribution is -2.19. The Labute approximate surface area is 128 Å². The highest BCUT2D eigenvalue weighted by molar-refractivity contribution is 9.10. The van der Waals surface area contributed by atoms with Crippen LogP contribution in [0, 0.1) is 0 Å². The van der Waals surface area contributed by atoms with E-state index >= 15 is 0 Å². The molecule has 0 fully saturated rings. The number of halogens is 2. The van der Waals surface area contributed by atoms with Crippen molar-refractivity contribution < 1.29 is 5.11 Å². The number of rotatable bonds is 2. The van der Waals surface area contributed by atoms with Crippen LogP contribution in [0.15, 0.2) is 39.8 Å². The molecule has 20 heavy (non-hydrogen) atoms. The minimum atomic E-state index is 0.112. The maximum Gasteiger partial charge on any atom is 0.138 e. The van der Waals surface area contributed by atoms with Crippen molar-refractivity contribution in [3.8, 4) is 5.75 Å². The van der Waals surface area contributed by atoms with Gasteiger partial charge in [0, 0.05) is 16.8 Å². The van der Waals surface area contributed by atoms with Crippen LogP contribution in [0.3, 0.4) is 0 Å². The highest BCUT2D eigenvalue weighted by atomic mass is 79.9. The van der Waals surface area contributed by atoms with Crippen LogP contribution in [0.4, 0.5) is 17.1 Å². The second-order valence-electron chi connectivity index (χ2n) is 4.19. The molecule has 4 N–H and O–H groups in total. The Balaban J connectivity index is 1.91. The van der Waals surface area contributed by atoms with E-state index in [4.69, 9.17) is 11.6 Å². The van der Waals surface area contributed by atoms with Crippen molar-refractivity contribution >= 4 is 50.8 Å². The third kappa shape index (κ3) is 2.58. The maximum atomic E-state index is 9.93. The highest BCUT2D eigenvalue weighted by Crippen LogP contribution is 2.32. The van der Waals surface area contributed by atoms with E-state index in [1.165, 1.54) is 0 Å². The van der Waals surface area contributed by atoms with Crippen LogP contribution in [-0.4, -0.2) is 11.3 Å². The van der Waals surface area contributed by atoms with Crippen LogP contribution in [0.5, 0.6) is 5.75 Å². The van der Waals surface area contributed by atoms with Gasteiger partial charge in [-0.15, -0.1) is 5.53 Å². The Morgan fingerprint density at radius 3 is 2.80 bits per heavy atom. The zero-order valence-electron chi connectivity index (χ0n) is 10.1. The Bertz CT molecular complexity index is 705. The average Bonchev–Trinajstić information content (AvgIpc) is 2.88. The second-order valence-corrected chi connectivity index (χ2v) is 5.48. The first-order valence-corrected chi connectivity index (χ1v) is 6.94. The lowest BCUT2D eigenvalue weighted by Gasteiger charge is -2.03. The summed E-state index contributed by atoms with van der Waals surface area (Å²) in [5.41, 5.74) is 11.9. The molecule has 102 valence electrons. The zero-order valence-corrected chi connectivity index (χ0v) is 12.5. The Hall–Kier alpha value is -1.76. The van der Waals surface area contributed by atoms with Crippen LogP contribution in [0.1, 0.15) is 5.56 Å². The number of nitrogens with one attached hydrogen (secondary N) is 3. The molecule has 0 radical (unpaired) electrons. The van der Waals surface area contributed by atoms with Crippen molar-refractivity contribution in [2.75, 3.05) is 10.9 Å². The molecular formula is C13H10BrClN4O. The van der Waals surface area contributed by atoms with Crippen molar-refractivity contribution in [2.24, 2.45) is 4.99 Å². The van der Waals surface area contributed by atoms with Gasteiger partial charge in [-0.05, 0) is 46.3 Å². The largest absolute Gasteiger partial charge is 0.506 e. The summed E-state index contributed by atoms with van der Waals surface area (Å²) < 4.78 is 0.537. The zero-order chi connectivity index (χ0) is 14.1. The number of hydrogen-bond acceptors (Lipinski definition) is 5. The molecule has 2 aromatic carbocycles. The number of aromatic hydroxyl groups is 1. The van der Waals surface area contributed by atoms with E-state index in [2.05, 4.69) is 37.3 Å². The number of nitrogens with zero attached hydrogens (tertiary/aromatic N) is 1. The Kier molecular flexibility index (Phi) is 3.52. The summed E-state index contributed by atoms with van der Waals surface area (Å²) in [6.45, 7) is 0. The Morgan fingerprint density at radius 2 is 1.95 bits per heavy atom. The molecule has 7 heteroatoms. The molecule has 3 rings (SSSR count). The minimum Gasteiger partial charge on any atom is -0.506 e. The van der Waals surface area contributed by atoms with E-state index in [1.807, 2.05) is 18.2 Å². The van der Waals surface area contributed by atoms with E-state index in [9.17, 15) is 5.11 Å². The van der Waals surface area contributed by atoms with Crippen molar-refractivity contribution in [1.82, 2.24) is 5.53 Å². The van der Waals surface area contributed by atoms with Gasteiger partial charge < -0.3 is 16.0 Å². The third-order valence-electron chi connectivity index (χ3n) is 2.81. The van der Waals surface area contributed by atoms with Gasteiger partial charge in [0.05, 0.1) is 21.5 Å². The predicted molar refractivity (Wildman–Crippen MR) is 84.9 cm³/mol. The van der Waals surface area contributed by atoms with Gasteiger partial charge in [-0.25, -0.2) is 0 Å². The first kappa shape index (κ1) is 13.2. The van der Waals surface area contributed by atoms with Crippen LogP contribution in [0.2, 0.25) is 5.02 Å². The van der Waals surface area contributed by atoms with Crippen LogP contribution in [-0.2, 0) is 0 Å². The van der Waals surface area contributed by atoms with E-state index in [-0.39, 0.29) is 5.75 Å². The summed E-state index contributed by atoms with van der Waals surface area (Å²) in [6.07, 6.45) is 1.57. The fourth-order valence-electron chi connectivity index (χ4n) is 1.82. The fraction of sp³-hybridized carbons (Fsp3) is 0. The third-order valence-corrected chi connectivity index (χ3v) is 3.63. The van der Waals surface area contributed by atoms with Crippen molar-refractivity contribution in [1.29, 1.82) is 0 Å². The van der Waals surface area contributed by atoms with E-state index in [1.54, 1.807) is 18.3 Å². The van der Waals surface area contributed by atoms with E-state index in [0.717, 1.165) is 17.1 Å². The van der Waals surface area contributed by atoms with E-state index in [0.29, 0.717) is 15.1 Å². The van der Waals surface area contributed by atoms with Gasteiger partial charge in [0.2, 0.25) is 0 Å². The molecule has 0 amide bonds. The average molecular weight is 354 g/mol. The van der Waals surface area contributed by atoms with Crippen LogP contribution < -0.4 is 16.4 Å². The van der Waals surface area contributed by atoms with Crippen LogP contribution >= 0.6 is 27.5 Å². The molecule has 0 aliphatic carbocycles. The van der Waals surface area contributed by atoms with Crippen molar-refractivity contribution in [3.63, 3.8) is 0 Å². The number of anilines is 2. The van der Waals surface area contributed by atoms with E-state index < -0.39 is 0 Å². The fourth-order valence-corrected chi connectivity index (χ4v) is 2.65. The molecule has 0 unspecified atom stereocenters. The molecule has 1 aliphatic heterocycles. The summed E-state index contributed by atoms with van der Waals surface area (Å²) in [7, 11) is 0. The quantitative estimate of drug-likeness (QED) is 0.620.